The Balaban J connectivity index is 1.56. The number of alkyl halides is 3. The maximum Gasteiger partial charge on any atom is 0.421 e. The van der Waals surface area contributed by atoms with Gasteiger partial charge in [0.2, 0.25) is 5.95 Å². The summed E-state index contributed by atoms with van der Waals surface area (Å²) in [6.45, 7) is 4.17. The van der Waals surface area contributed by atoms with Gasteiger partial charge in [-0.05, 0) is 66.5 Å². The third kappa shape index (κ3) is 5.88. The van der Waals surface area contributed by atoms with Crippen LogP contribution in [0.2, 0.25) is 0 Å². The van der Waals surface area contributed by atoms with E-state index in [4.69, 9.17) is 0 Å². The maximum absolute atomic E-state index is 13.7. The Morgan fingerprint density at radius 2 is 1.71 bits per heavy atom. The highest BCUT2D eigenvalue weighted by Gasteiger charge is 2.35. The van der Waals surface area contributed by atoms with E-state index < -0.39 is 11.7 Å². The van der Waals surface area contributed by atoms with Gasteiger partial charge < -0.3 is 10.6 Å². The molecule has 1 heterocycles. The molecule has 0 amide bonds. The van der Waals surface area contributed by atoms with Gasteiger partial charge >= 0.3 is 6.18 Å². The van der Waals surface area contributed by atoms with E-state index in [9.17, 15) is 13.2 Å². The van der Waals surface area contributed by atoms with Gasteiger partial charge in [-0.15, -0.1) is 0 Å². The highest BCUT2D eigenvalue weighted by molar-refractivity contribution is 5.63. The molecule has 4 nitrogen and oxygen atoms in total. The van der Waals surface area contributed by atoms with Gasteiger partial charge in [0.05, 0.1) is 0 Å². The SMILES string of the molecule is CCC(C)c1cccc(Nc2nc(Nc3ccc(C4CCCCC4)cc3)ncc2C(F)(F)F)c1. The molecule has 1 fully saturated rings. The van der Waals surface area contributed by atoms with E-state index in [-0.39, 0.29) is 11.8 Å². The molecule has 0 saturated heterocycles. The van der Waals surface area contributed by atoms with Gasteiger partial charge in [0.15, 0.2) is 0 Å². The van der Waals surface area contributed by atoms with Crippen molar-refractivity contribution in [3.63, 3.8) is 0 Å². The molecule has 3 aromatic rings. The lowest BCUT2D eigenvalue weighted by Crippen LogP contribution is -2.12. The molecule has 7 heteroatoms. The average Bonchev–Trinajstić information content (AvgIpc) is 2.84. The Kier molecular flexibility index (Phi) is 7.39. The second-order valence-electron chi connectivity index (χ2n) is 9.10. The summed E-state index contributed by atoms with van der Waals surface area (Å²) in [6.07, 6.45) is 3.45. The lowest BCUT2D eigenvalue weighted by Gasteiger charge is -2.22. The third-order valence-electron chi connectivity index (χ3n) is 6.67. The second-order valence-corrected chi connectivity index (χ2v) is 9.10. The van der Waals surface area contributed by atoms with Gasteiger partial charge in [-0.25, -0.2) is 4.98 Å². The number of rotatable bonds is 7. The highest BCUT2D eigenvalue weighted by Crippen LogP contribution is 2.36. The molecule has 1 aliphatic carbocycles. The molecular formula is C27H31F3N4. The fourth-order valence-corrected chi connectivity index (χ4v) is 4.44. The van der Waals surface area contributed by atoms with Crippen LogP contribution in [-0.2, 0) is 6.18 Å². The van der Waals surface area contributed by atoms with Gasteiger partial charge in [-0.2, -0.15) is 18.2 Å². The average molecular weight is 469 g/mol. The number of anilines is 4. The summed E-state index contributed by atoms with van der Waals surface area (Å²) in [5.41, 5.74) is 2.77. The Hall–Kier alpha value is -3.09. The molecule has 2 N–H and O–H groups in total. The second kappa shape index (κ2) is 10.5. The van der Waals surface area contributed by atoms with Crippen LogP contribution < -0.4 is 10.6 Å². The van der Waals surface area contributed by atoms with E-state index in [1.165, 1.54) is 37.7 Å². The number of benzene rings is 2. The molecule has 34 heavy (non-hydrogen) atoms. The van der Waals surface area contributed by atoms with Crippen molar-refractivity contribution in [2.75, 3.05) is 10.6 Å². The van der Waals surface area contributed by atoms with Crippen LogP contribution in [0.25, 0.3) is 0 Å². The first-order valence-electron chi connectivity index (χ1n) is 12.0. The molecule has 1 atom stereocenters. The van der Waals surface area contributed by atoms with Crippen molar-refractivity contribution in [2.45, 2.75) is 70.4 Å². The summed E-state index contributed by atoms with van der Waals surface area (Å²) in [7, 11) is 0. The minimum atomic E-state index is -4.57. The number of halogens is 3. The smallest absolute Gasteiger partial charge is 0.340 e. The van der Waals surface area contributed by atoms with Crippen LogP contribution in [0.4, 0.5) is 36.3 Å². The first-order valence-corrected chi connectivity index (χ1v) is 12.0. The van der Waals surface area contributed by atoms with Crippen molar-refractivity contribution in [2.24, 2.45) is 0 Å². The van der Waals surface area contributed by atoms with Gasteiger partial charge in [-0.3, -0.25) is 0 Å². The van der Waals surface area contributed by atoms with Crippen LogP contribution in [0.15, 0.2) is 54.7 Å². The topological polar surface area (TPSA) is 49.8 Å². The van der Waals surface area contributed by atoms with Gasteiger partial charge in [0.1, 0.15) is 11.4 Å². The molecule has 4 rings (SSSR count). The molecule has 1 saturated carbocycles. The Morgan fingerprint density at radius 1 is 0.971 bits per heavy atom. The first kappa shape index (κ1) is 24.0. The van der Waals surface area contributed by atoms with E-state index in [2.05, 4.69) is 46.6 Å². The van der Waals surface area contributed by atoms with Gasteiger partial charge in [0.25, 0.3) is 0 Å². The number of nitrogens with zero attached hydrogens (tertiary/aromatic N) is 2. The first-order chi connectivity index (χ1) is 16.3. The number of hydrogen-bond donors (Lipinski definition) is 2. The zero-order valence-corrected chi connectivity index (χ0v) is 19.6. The number of aromatic nitrogens is 2. The van der Waals surface area contributed by atoms with E-state index >= 15 is 0 Å². The summed E-state index contributed by atoms with van der Waals surface area (Å²) in [5, 5.41) is 5.91. The normalized spacial score (nSPS) is 15.7. The fourth-order valence-electron chi connectivity index (χ4n) is 4.44. The minimum Gasteiger partial charge on any atom is -0.340 e. The van der Waals surface area contributed by atoms with Crippen LogP contribution >= 0.6 is 0 Å². The molecular weight excluding hydrogens is 437 g/mol. The van der Waals surface area contributed by atoms with Gasteiger partial charge in [0, 0.05) is 17.6 Å². The van der Waals surface area contributed by atoms with E-state index in [1.807, 2.05) is 30.3 Å². The Bertz CT molecular complexity index is 1090. The van der Waals surface area contributed by atoms with Crippen LogP contribution in [0, 0.1) is 0 Å². The van der Waals surface area contributed by atoms with Crippen molar-refractivity contribution < 1.29 is 13.2 Å². The molecule has 0 spiro atoms. The molecule has 2 aromatic carbocycles. The van der Waals surface area contributed by atoms with Crippen LogP contribution in [0.5, 0.6) is 0 Å². The summed E-state index contributed by atoms with van der Waals surface area (Å²) in [4.78, 5) is 8.12. The summed E-state index contributed by atoms with van der Waals surface area (Å²) < 4.78 is 41.0. The van der Waals surface area contributed by atoms with E-state index in [0.717, 1.165) is 23.9 Å². The molecule has 0 radical (unpaired) electrons. The lowest BCUT2D eigenvalue weighted by molar-refractivity contribution is -0.137. The number of nitrogens with one attached hydrogen (secondary N) is 2. The minimum absolute atomic E-state index is 0.110. The largest absolute Gasteiger partial charge is 0.421 e. The van der Waals surface area contributed by atoms with Crippen molar-refractivity contribution in [3.05, 3.63) is 71.4 Å². The molecule has 0 aliphatic heterocycles. The Labute approximate surface area is 199 Å². The van der Waals surface area contributed by atoms with E-state index in [0.29, 0.717) is 17.5 Å². The summed E-state index contributed by atoms with van der Waals surface area (Å²) in [6, 6.07) is 15.5. The standard InChI is InChI=1S/C27H31F3N4/c1-3-18(2)21-10-7-11-23(16-21)32-25-24(27(28,29)30)17-31-26(34-25)33-22-14-12-20(13-15-22)19-8-5-4-6-9-19/h7,10-19H,3-6,8-9H2,1-2H3,(H2,31,32,33,34). The maximum atomic E-state index is 13.7. The lowest BCUT2D eigenvalue weighted by atomic mass is 9.84. The summed E-state index contributed by atoms with van der Waals surface area (Å²) >= 11 is 0. The van der Waals surface area contributed by atoms with Crippen molar-refractivity contribution in [3.8, 4) is 0 Å². The quantitative estimate of drug-likeness (QED) is 0.365. The van der Waals surface area contributed by atoms with Crippen LogP contribution in [0.3, 0.4) is 0 Å². The molecule has 1 aliphatic rings. The fraction of sp³-hybridized carbons (Fsp3) is 0.407. The molecule has 1 aromatic heterocycles. The van der Waals surface area contributed by atoms with E-state index in [1.54, 1.807) is 6.07 Å². The van der Waals surface area contributed by atoms with Crippen LogP contribution in [0.1, 0.15) is 80.9 Å². The molecule has 0 bridgehead atoms. The monoisotopic (exact) mass is 468 g/mol. The summed E-state index contributed by atoms with van der Waals surface area (Å²) in [5.74, 6) is 0.735. The van der Waals surface area contributed by atoms with Gasteiger partial charge in [-0.1, -0.05) is 57.4 Å². The zero-order chi connectivity index (χ0) is 24.1. The van der Waals surface area contributed by atoms with Crippen molar-refractivity contribution >= 4 is 23.1 Å². The van der Waals surface area contributed by atoms with Crippen molar-refractivity contribution in [1.82, 2.24) is 9.97 Å². The highest BCUT2D eigenvalue weighted by atomic mass is 19.4. The predicted octanol–water partition coefficient (Wildman–Crippen LogP) is 8.54. The molecule has 180 valence electrons. The zero-order valence-electron chi connectivity index (χ0n) is 19.6. The predicted molar refractivity (Wildman–Crippen MR) is 131 cm³/mol. The third-order valence-corrected chi connectivity index (χ3v) is 6.67. The van der Waals surface area contributed by atoms with Crippen LogP contribution in [-0.4, -0.2) is 9.97 Å². The Morgan fingerprint density at radius 3 is 2.38 bits per heavy atom. The molecule has 1 unspecified atom stereocenters. The number of hydrogen-bond acceptors (Lipinski definition) is 4. The van der Waals surface area contributed by atoms with Crippen molar-refractivity contribution in [1.29, 1.82) is 0 Å².